The first kappa shape index (κ1) is 26.3. The summed E-state index contributed by atoms with van der Waals surface area (Å²) in [5, 5.41) is 11.9. The Morgan fingerprint density at radius 3 is 2.56 bits per heavy atom. The van der Waals surface area contributed by atoms with Gasteiger partial charge in [0.2, 0.25) is 12.7 Å². The first-order valence-corrected chi connectivity index (χ1v) is 13.4. The Kier molecular flexibility index (Phi) is 7.26. The molecule has 2 heterocycles. The van der Waals surface area contributed by atoms with Gasteiger partial charge in [-0.15, -0.1) is 5.10 Å². The van der Waals surface area contributed by atoms with Crippen LogP contribution in [0.25, 0.3) is 11.0 Å². The molecule has 206 valence electrons. The molecule has 4 aromatic carbocycles. The van der Waals surface area contributed by atoms with E-state index in [0.29, 0.717) is 33.3 Å². The van der Waals surface area contributed by atoms with Crippen LogP contribution in [0.15, 0.2) is 91.0 Å². The second kappa shape index (κ2) is 11.3. The lowest BCUT2D eigenvalue weighted by Crippen LogP contribution is -2.42. The number of ether oxygens (including phenoxy) is 2. The molecule has 0 aliphatic carbocycles. The van der Waals surface area contributed by atoms with E-state index in [1.165, 1.54) is 0 Å². The van der Waals surface area contributed by atoms with Crippen LogP contribution < -0.4 is 14.8 Å². The van der Waals surface area contributed by atoms with Gasteiger partial charge >= 0.3 is 0 Å². The van der Waals surface area contributed by atoms with Gasteiger partial charge in [-0.1, -0.05) is 65.3 Å². The van der Waals surface area contributed by atoms with Crippen LogP contribution in [0, 0.1) is 6.92 Å². The minimum Gasteiger partial charge on any atom is -0.454 e. The maximum absolute atomic E-state index is 14.2. The number of carbonyl (C=O) groups excluding carboxylic acids is 2. The third-order valence-electron chi connectivity index (χ3n) is 7.01. The summed E-state index contributed by atoms with van der Waals surface area (Å²) >= 11 is 6.20. The lowest BCUT2D eigenvalue weighted by molar-refractivity contribution is -0.140. The van der Waals surface area contributed by atoms with E-state index in [9.17, 15) is 9.59 Å². The molecule has 1 aliphatic heterocycles. The fourth-order valence-corrected chi connectivity index (χ4v) is 4.98. The van der Waals surface area contributed by atoms with Crippen molar-refractivity contribution in [3.63, 3.8) is 0 Å². The van der Waals surface area contributed by atoms with Crippen molar-refractivity contribution in [2.45, 2.75) is 26.1 Å². The minimum atomic E-state index is -0.986. The quantitative estimate of drug-likeness (QED) is 0.265. The van der Waals surface area contributed by atoms with Gasteiger partial charge in [-0.3, -0.25) is 9.59 Å². The molecular formula is C31H26ClN5O4. The normalized spacial score (nSPS) is 12.7. The number of hydrogen-bond donors (Lipinski definition) is 1. The predicted molar refractivity (Wildman–Crippen MR) is 155 cm³/mol. The van der Waals surface area contributed by atoms with Gasteiger partial charge in [0.05, 0.1) is 5.52 Å². The van der Waals surface area contributed by atoms with E-state index in [4.69, 9.17) is 21.1 Å². The number of anilines is 1. The van der Waals surface area contributed by atoms with Gasteiger partial charge in [0, 0.05) is 23.3 Å². The molecule has 0 saturated heterocycles. The van der Waals surface area contributed by atoms with E-state index >= 15 is 0 Å². The zero-order valence-electron chi connectivity index (χ0n) is 22.2. The number of benzene rings is 4. The van der Waals surface area contributed by atoms with Crippen LogP contribution in [0.2, 0.25) is 5.02 Å². The standard InChI is InChI=1S/C31H26ClN5O4/c1-20-6-2-3-7-22(20)17-36(29(38)18-37-26-9-5-4-8-25(26)34-35-37)30(21-10-12-23(32)13-11-21)31(39)33-24-14-15-27-28(16-24)41-19-40-27/h2-16,30H,17-19H2,1H3,(H,33,39)/t30-/m1/s1. The third kappa shape index (κ3) is 5.57. The molecule has 10 heteroatoms. The number of carbonyl (C=O) groups is 2. The molecule has 41 heavy (non-hydrogen) atoms. The number of halogens is 1. The molecular weight excluding hydrogens is 542 g/mol. The maximum Gasteiger partial charge on any atom is 0.251 e. The van der Waals surface area contributed by atoms with Gasteiger partial charge in [-0.2, -0.15) is 0 Å². The van der Waals surface area contributed by atoms with Crippen LogP contribution in [0.4, 0.5) is 5.69 Å². The third-order valence-corrected chi connectivity index (χ3v) is 7.27. The first-order valence-electron chi connectivity index (χ1n) is 13.0. The van der Waals surface area contributed by atoms with E-state index in [1.54, 1.807) is 52.0 Å². The summed E-state index contributed by atoms with van der Waals surface area (Å²) in [5.41, 5.74) is 4.45. The average Bonchev–Trinajstić information content (AvgIpc) is 3.61. The highest BCUT2D eigenvalue weighted by atomic mass is 35.5. The Hall–Kier alpha value is -4.89. The predicted octanol–water partition coefficient (Wildman–Crippen LogP) is 5.53. The zero-order chi connectivity index (χ0) is 28.3. The van der Waals surface area contributed by atoms with E-state index in [-0.39, 0.29) is 25.8 Å². The lowest BCUT2D eigenvalue weighted by Gasteiger charge is -2.32. The van der Waals surface area contributed by atoms with Crippen LogP contribution >= 0.6 is 11.6 Å². The van der Waals surface area contributed by atoms with Crippen molar-refractivity contribution in [1.82, 2.24) is 19.9 Å². The summed E-state index contributed by atoms with van der Waals surface area (Å²) in [7, 11) is 0. The van der Waals surface area contributed by atoms with Crippen LogP contribution in [-0.2, 0) is 22.7 Å². The fourth-order valence-electron chi connectivity index (χ4n) is 4.85. The van der Waals surface area contributed by atoms with Gasteiger partial charge in [0.1, 0.15) is 18.1 Å². The van der Waals surface area contributed by atoms with E-state index < -0.39 is 11.9 Å². The number of aromatic nitrogens is 3. The summed E-state index contributed by atoms with van der Waals surface area (Å²) < 4.78 is 12.4. The Bertz CT molecular complexity index is 1740. The first-order chi connectivity index (χ1) is 20.0. The molecule has 0 fully saturated rings. The average molecular weight is 568 g/mol. The summed E-state index contributed by atoms with van der Waals surface area (Å²) in [6.45, 7) is 2.19. The number of para-hydroxylation sites is 1. The molecule has 1 atom stereocenters. The van der Waals surface area contributed by atoms with Gasteiger partial charge in [-0.25, -0.2) is 4.68 Å². The summed E-state index contributed by atoms with van der Waals surface area (Å²) in [6.07, 6.45) is 0. The Morgan fingerprint density at radius 2 is 1.73 bits per heavy atom. The van der Waals surface area contributed by atoms with Crippen molar-refractivity contribution in [1.29, 1.82) is 0 Å². The fraction of sp³-hybridized carbons (Fsp3) is 0.161. The largest absolute Gasteiger partial charge is 0.454 e. The van der Waals surface area contributed by atoms with Crippen molar-refractivity contribution in [3.8, 4) is 11.5 Å². The Balaban J connectivity index is 1.39. The van der Waals surface area contributed by atoms with Crippen molar-refractivity contribution in [2.75, 3.05) is 12.1 Å². The molecule has 0 saturated carbocycles. The zero-order valence-corrected chi connectivity index (χ0v) is 22.9. The Morgan fingerprint density at radius 1 is 0.976 bits per heavy atom. The number of rotatable bonds is 8. The minimum absolute atomic E-state index is 0.103. The molecule has 9 nitrogen and oxygen atoms in total. The van der Waals surface area contributed by atoms with Crippen molar-refractivity contribution < 1.29 is 19.1 Å². The number of hydrogen-bond acceptors (Lipinski definition) is 6. The number of nitrogens with one attached hydrogen (secondary N) is 1. The number of aryl methyl sites for hydroxylation is 1. The highest BCUT2D eigenvalue weighted by Crippen LogP contribution is 2.35. The molecule has 1 aliphatic rings. The van der Waals surface area contributed by atoms with Crippen LogP contribution in [0.1, 0.15) is 22.7 Å². The van der Waals surface area contributed by atoms with Gasteiger partial charge in [-0.05, 0) is 60.0 Å². The van der Waals surface area contributed by atoms with Crippen molar-refractivity contribution >= 4 is 40.1 Å². The number of fused-ring (bicyclic) bond motifs is 2. The van der Waals surface area contributed by atoms with Crippen molar-refractivity contribution in [3.05, 3.63) is 113 Å². The molecule has 5 aromatic rings. The lowest BCUT2D eigenvalue weighted by atomic mass is 10.0. The van der Waals surface area contributed by atoms with Gasteiger partial charge in [0.15, 0.2) is 11.5 Å². The van der Waals surface area contributed by atoms with Crippen LogP contribution in [0.5, 0.6) is 11.5 Å². The van der Waals surface area contributed by atoms with Crippen molar-refractivity contribution in [2.24, 2.45) is 0 Å². The second-order valence-corrected chi connectivity index (χ2v) is 10.1. The van der Waals surface area contributed by atoms with E-state index in [2.05, 4.69) is 15.6 Å². The molecule has 0 unspecified atom stereocenters. The summed E-state index contributed by atoms with van der Waals surface area (Å²) in [4.78, 5) is 29.8. The second-order valence-electron chi connectivity index (χ2n) is 9.70. The van der Waals surface area contributed by atoms with Gasteiger partial charge in [0.25, 0.3) is 5.91 Å². The van der Waals surface area contributed by atoms with E-state index in [1.807, 2.05) is 55.5 Å². The molecule has 2 amide bonds. The number of nitrogens with zero attached hydrogens (tertiary/aromatic N) is 4. The van der Waals surface area contributed by atoms with E-state index in [0.717, 1.165) is 16.6 Å². The number of amides is 2. The molecule has 0 spiro atoms. The molecule has 6 rings (SSSR count). The molecule has 0 radical (unpaired) electrons. The molecule has 1 aromatic heterocycles. The smallest absolute Gasteiger partial charge is 0.251 e. The van der Waals surface area contributed by atoms with Crippen LogP contribution in [-0.4, -0.2) is 38.5 Å². The molecule has 0 bridgehead atoms. The van der Waals surface area contributed by atoms with Gasteiger partial charge < -0.3 is 19.7 Å². The molecule has 1 N–H and O–H groups in total. The highest BCUT2D eigenvalue weighted by Gasteiger charge is 2.33. The SMILES string of the molecule is Cc1ccccc1CN(C(=O)Cn1nnc2ccccc21)[C@@H](C(=O)Nc1ccc2c(c1)OCO2)c1ccc(Cl)cc1. The summed E-state index contributed by atoms with van der Waals surface area (Å²) in [5.74, 6) is 0.451. The monoisotopic (exact) mass is 567 g/mol. The maximum atomic E-state index is 14.2. The Labute approximate surface area is 241 Å². The topological polar surface area (TPSA) is 98.6 Å². The van der Waals surface area contributed by atoms with Crippen LogP contribution in [0.3, 0.4) is 0 Å². The highest BCUT2D eigenvalue weighted by molar-refractivity contribution is 6.30. The summed E-state index contributed by atoms with van der Waals surface area (Å²) in [6, 6.07) is 26.3.